The van der Waals surface area contributed by atoms with E-state index in [1.54, 1.807) is 6.92 Å². The predicted octanol–water partition coefficient (Wildman–Crippen LogP) is 3.34. The van der Waals surface area contributed by atoms with Crippen LogP contribution < -0.4 is 5.73 Å². The smallest absolute Gasteiger partial charge is 0.322 e. The van der Waals surface area contributed by atoms with Crippen LogP contribution in [0.5, 0.6) is 0 Å². The summed E-state index contributed by atoms with van der Waals surface area (Å²) in [5.74, 6) is -11.4. The van der Waals surface area contributed by atoms with Crippen LogP contribution in [-0.2, 0) is 0 Å². The minimum absolute atomic E-state index is 0.0602. The summed E-state index contributed by atoms with van der Waals surface area (Å²) in [5.41, 5.74) is 4.69. The lowest BCUT2D eigenvalue weighted by Crippen LogP contribution is -2.60. The number of hydrogen-bond acceptors (Lipinski definition) is 1. The van der Waals surface area contributed by atoms with Crippen molar-refractivity contribution in [2.75, 3.05) is 0 Å². The molecular formula is C8H12F7N. The maximum Gasteiger partial charge on any atom is 0.459 e. The van der Waals surface area contributed by atoms with Crippen LogP contribution in [0.3, 0.4) is 0 Å². The molecule has 0 aromatic rings. The zero-order chi connectivity index (χ0) is 13.2. The first-order valence-electron chi connectivity index (χ1n) is 4.56. The highest BCUT2D eigenvalue weighted by Gasteiger charge is 2.74. The number of rotatable bonds is 5. The molecule has 98 valence electrons. The van der Waals surface area contributed by atoms with Crippen LogP contribution in [0.2, 0.25) is 0 Å². The highest BCUT2D eigenvalue weighted by atomic mass is 19.4. The summed E-state index contributed by atoms with van der Waals surface area (Å²) in [6, 6.07) is -2.51. The summed E-state index contributed by atoms with van der Waals surface area (Å²) in [6.07, 6.45) is -6.46. The third-order valence-corrected chi connectivity index (χ3v) is 2.11. The second-order valence-corrected chi connectivity index (χ2v) is 3.44. The van der Waals surface area contributed by atoms with Gasteiger partial charge >= 0.3 is 18.0 Å². The third kappa shape index (κ3) is 2.78. The van der Waals surface area contributed by atoms with Crippen molar-refractivity contribution >= 4 is 0 Å². The van der Waals surface area contributed by atoms with E-state index in [0.717, 1.165) is 0 Å². The zero-order valence-electron chi connectivity index (χ0n) is 8.42. The molecule has 8 heteroatoms. The molecule has 0 heterocycles. The van der Waals surface area contributed by atoms with Crippen molar-refractivity contribution in [3.63, 3.8) is 0 Å². The highest BCUT2D eigenvalue weighted by Crippen LogP contribution is 2.48. The highest BCUT2D eigenvalue weighted by molar-refractivity contribution is 4.97. The summed E-state index contributed by atoms with van der Waals surface area (Å²) in [5, 5.41) is 0. The van der Waals surface area contributed by atoms with Gasteiger partial charge in [-0.05, 0) is 6.42 Å². The quantitative estimate of drug-likeness (QED) is 0.749. The molecule has 0 amide bonds. The summed E-state index contributed by atoms with van der Waals surface area (Å²) in [6.45, 7) is 1.58. The summed E-state index contributed by atoms with van der Waals surface area (Å²) in [7, 11) is 0. The Morgan fingerprint density at radius 3 is 1.75 bits per heavy atom. The molecule has 0 spiro atoms. The van der Waals surface area contributed by atoms with E-state index in [-0.39, 0.29) is 6.42 Å². The lowest BCUT2D eigenvalue weighted by Gasteiger charge is -2.32. The van der Waals surface area contributed by atoms with E-state index in [0.29, 0.717) is 6.42 Å². The fraction of sp³-hybridized carbons (Fsp3) is 1.00. The van der Waals surface area contributed by atoms with Gasteiger partial charge in [0.25, 0.3) is 0 Å². The lowest BCUT2D eigenvalue weighted by atomic mass is 9.98. The minimum Gasteiger partial charge on any atom is -0.322 e. The van der Waals surface area contributed by atoms with Gasteiger partial charge in [-0.15, -0.1) is 0 Å². The molecule has 1 atom stereocenters. The molecule has 0 radical (unpaired) electrons. The van der Waals surface area contributed by atoms with Gasteiger partial charge in [-0.3, -0.25) is 0 Å². The average Bonchev–Trinajstić information content (AvgIpc) is 2.11. The van der Waals surface area contributed by atoms with E-state index >= 15 is 0 Å². The van der Waals surface area contributed by atoms with Crippen LogP contribution in [0.1, 0.15) is 26.2 Å². The van der Waals surface area contributed by atoms with Crippen LogP contribution in [0.15, 0.2) is 0 Å². The first-order chi connectivity index (χ1) is 6.98. The normalized spacial score (nSPS) is 16.3. The third-order valence-electron chi connectivity index (χ3n) is 2.11. The van der Waals surface area contributed by atoms with Gasteiger partial charge in [0.15, 0.2) is 0 Å². The van der Waals surface area contributed by atoms with Crippen LogP contribution in [0, 0.1) is 0 Å². The van der Waals surface area contributed by atoms with Crippen molar-refractivity contribution in [2.45, 2.75) is 50.2 Å². The number of hydrogen-bond donors (Lipinski definition) is 1. The molecular weight excluding hydrogens is 243 g/mol. The van der Waals surface area contributed by atoms with E-state index in [4.69, 9.17) is 5.73 Å². The van der Waals surface area contributed by atoms with Gasteiger partial charge in [-0.1, -0.05) is 19.8 Å². The van der Waals surface area contributed by atoms with Crippen LogP contribution in [0.25, 0.3) is 0 Å². The molecule has 0 rings (SSSR count). The van der Waals surface area contributed by atoms with Gasteiger partial charge in [0.05, 0.1) is 6.04 Å². The molecule has 0 bridgehead atoms. The van der Waals surface area contributed by atoms with Gasteiger partial charge < -0.3 is 5.73 Å². The number of nitrogens with two attached hydrogens (primary N) is 1. The van der Waals surface area contributed by atoms with Crippen molar-refractivity contribution in [3.05, 3.63) is 0 Å². The Kier molecular flexibility index (Phi) is 4.61. The van der Waals surface area contributed by atoms with Gasteiger partial charge in [0, 0.05) is 0 Å². The van der Waals surface area contributed by atoms with Crippen molar-refractivity contribution in [3.8, 4) is 0 Å². The van der Waals surface area contributed by atoms with Crippen LogP contribution >= 0.6 is 0 Å². The van der Waals surface area contributed by atoms with Gasteiger partial charge in [0.1, 0.15) is 0 Å². The Labute approximate surface area is 87.8 Å². The molecule has 0 aromatic carbocycles. The van der Waals surface area contributed by atoms with Crippen LogP contribution in [0.4, 0.5) is 30.7 Å². The second kappa shape index (κ2) is 4.77. The second-order valence-electron chi connectivity index (χ2n) is 3.44. The number of halogens is 7. The maximum absolute atomic E-state index is 12.8. The largest absolute Gasteiger partial charge is 0.459 e. The molecule has 0 aliphatic heterocycles. The monoisotopic (exact) mass is 255 g/mol. The molecule has 2 N–H and O–H groups in total. The number of alkyl halides is 7. The fourth-order valence-electron chi connectivity index (χ4n) is 1.03. The number of unbranched alkanes of at least 4 members (excludes halogenated alkanes) is 1. The van der Waals surface area contributed by atoms with E-state index in [2.05, 4.69) is 0 Å². The molecule has 0 aliphatic rings. The van der Waals surface area contributed by atoms with Gasteiger partial charge in [-0.25, -0.2) is 0 Å². The Morgan fingerprint density at radius 2 is 1.44 bits per heavy atom. The lowest BCUT2D eigenvalue weighted by molar-refractivity contribution is -0.358. The van der Waals surface area contributed by atoms with Crippen molar-refractivity contribution < 1.29 is 30.7 Å². The Morgan fingerprint density at radius 1 is 1.00 bits per heavy atom. The van der Waals surface area contributed by atoms with Crippen molar-refractivity contribution in [2.24, 2.45) is 5.73 Å². The van der Waals surface area contributed by atoms with E-state index in [1.165, 1.54) is 0 Å². The maximum atomic E-state index is 12.8. The molecule has 0 saturated heterocycles. The van der Waals surface area contributed by atoms with Gasteiger partial charge in [-0.2, -0.15) is 30.7 Å². The first kappa shape index (κ1) is 15.5. The predicted molar refractivity (Wildman–Crippen MR) is 43.4 cm³/mol. The molecule has 0 saturated carbocycles. The molecule has 0 aromatic heterocycles. The molecule has 16 heavy (non-hydrogen) atoms. The average molecular weight is 255 g/mol. The van der Waals surface area contributed by atoms with E-state index < -0.39 is 30.5 Å². The van der Waals surface area contributed by atoms with Crippen molar-refractivity contribution in [1.82, 2.24) is 0 Å². The van der Waals surface area contributed by atoms with Gasteiger partial charge in [0.2, 0.25) is 0 Å². The Hall–Kier alpha value is -0.530. The summed E-state index contributed by atoms with van der Waals surface area (Å²) in [4.78, 5) is 0. The molecule has 1 unspecified atom stereocenters. The zero-order valence-corrected chi connectivity index (χ0v) is 8.42. The SMILES string of the molecule is CCCCC(N)C(F)(F)C(F)(F)C(F)(F)F. The summed E-state index contributed by atoms with van der Waals surface area (Å²) >= 11 is 0. The molecule has 1 nitrogen and oxygen atoms in total. The van der Waals surface area contributed by atoms with E-state index in [1.807, 2.05) is 0 Å². The standard InChI is InChI=1S/C8H12F7N/c1-2-3-4-5(16)6(9,10)7(11,12)8(13,14)15/h5H,2-4,16H2,1H3. The van der Waals surface area contributed by atoms with Crippen molar-refractivity contribution in [1.29, 1.82) is 0 Å². The minimum atomic E-state index is -6.31. The Bertz CT molecular complexity index is 223. The molecule has 0 aliphatic carbocycles. The Balaban J connectivity index is 4.89. The first-order valence-corrected chi connectivity index (χ1v) is 4.56. The van der Waals surface area contributed by atoms with Crippen LogP contribution in [-0.4, -0.2) is 24.1 Å². The summed E-state index contributed by atoms with van der Waals surface area (Å²) < 4.78 is 85.7. The topological polar surface area (TPSA) is 26.0 Å². The fourth-order valence-corrected chi connectivity index (χ4v) is 1.03. The van der Waals surface area contributed by atoms with E-state index in [9.17, 15) is 30.7 Å². The molecule has 0 fully saturated rings.